The molecule has 2 N–H and O–H groups in total. The Morgan fingerprint density at radius 1 is 1.21 bits per heavy atom. The summed E-state index contributed by atoms with van der Waals surface area (Å²) < 4.78 is 5.17. The van der Waals surface area contributed by atoms with Gasteiger partial charge in [0.2, 0.25) is 5.82 Å². The Morgan fingerprint density at radius 2 is 2.04 bits per heavy atom. The molecular formula is C17H14N6O. The molecule has 0 aliphatic rings. The third-order valence-electron chi connectivity index (χ3n) is 3.38. The molecular weight excluding hydrogens is 304 g/mol. The van der Waals surface area contributed by atoms with Crippen LogP contribution < -0.4 is 10.1 Å². The fraction of sp³-hybridized carbons (Fsp3) is 0.0588. The summed E-state index contributed by atoms with van der Waals surface area (Å²) >= 11 is 0. The van der Waals surface area contributed by atoms with E-state index in [4.69, 9.17) is 10.00 Å². The van der Waals surface area contributed by atoms with Crippen LogP contribution in [0.3, 0.4) is 0 Å². The van der Waals surface area contributed by atoms with E-state index in [1.165, 1.54) is 0 Å². The maximum atomic E-state index is 9.17. The minimum absolute atomic E-state index is 0.247. The van der Waals surface area contributed by atoms with Gasteiger partial charge in [0.25, 0.3) is 0 Å². The Kier molecular flexibility index (Phi) is 4.49. The Balaban J connectivity index is 1.81. The predicted octanol–water partition coefficient (Wildman–Crippen LogP) is 2.85. The van der Waals surface area contributed by atoms with Crippen molar-refractivity contribution in [1.29, 1.82) is 5.26 Å². The first-order chi connectivity index (χ1) is 11.8. The van der Waals surface area contributed by atoms with Crippen molar-refractivity contribution in [3.63, 3.8) is 0 Å². The number of nitrogens with one attached hydrogen (secondary N) is 2. The summed E-state index contributed by atoms with van der Waals surface area (Å²) in [5, 5.41) is 25.6. The molecule has 118 valence electrons. The number of methoxy groups -OCH3 is 1. The molecule has 0 spiro atoms. The van der Waals surface area contributed by atoms with E-state index in [1.807, 2.05) is 54.6 Å². The molecule has 1 aromatic heterocycles. The summed E-state index contributed by atoms with van der Waals surface area (Å²) in [5.74, 6) is 1.06. The van der Waals surface area contributed by atoms with Crippen LogP contribution in [0.15, 0.2) is 54.7 Å². The average Bonchev–Trinajstić information content (AvgIpc) is 3.17. The second-order valence-corrected chi connectivity index (χ2v) is 4.86. The van der Waals surface area contributed by atoms with Gasteiger partial charge in [0.05, 0.1) is 7.11 Å². The number of hydrogen-bond acceptors (Lipinski definition) is 6. The van der Waals surface area contributed by atoms with Gasteiger partial charge in [0, 0.05) is 11.9 Å². The van der Waals surface area contributed by atoms with Crippen molar-refractivity contribution in [3.8, 4) is 22.9 Å². The van der Waals surface area contributed by atoms with Gasteiger partial charge in [-0.1, -0.05) is 24.3 Å². The largest absolute Gasteiger partial charge is 0.497 e. The fourth-order valence-electron chi connectivity index (χ4n) is 2.15. The third-order valence-corrected chi connectivity index (χ3v) is 3.38. The van der Waals surface area contributed by atoms with Gasteiger partial charge in [-0.05, 0) is 40.6 Å². The molecule has 0 fully saturated rings. The molecule has 0 aliphatic carbocycles. The number of H-pyrrole nitrogens is 1. The minimum Gasteiger partial charge on any atom is -0.497 e. The first-order valence-corrected chi connectivity index (χ1v) is 7.15. The molecule has 0 amide bonds. The van der Waals surface area contributed by atoms with Crippen molar-refractivity contribution in [2.75, 3.05) is 12.4 Å². The first kappa shape index (κ1) is 15.2. The SMILES string of the molecule is COc1ccc(-c2cccc(NC=C(C#N)c3nn[nH]n3)c2)cc1. The molecule has 3 rings (SSSR count). The number of aromatic nitrogens is 4. The number of anilines is 1. The highest BCUT2D eigenvalue weighted by Gasteiger charge is 2.05. The zero-order chi connectivity index (χ0) is 16.8. The Hall–Kier alpha value is -3.66. The summed E-state index contributed by atoms with van der Waals surface area (Å²) in [5.41, 5.74) is 3.26. The molecule has 0 unspecified atom stereocenters. The highest BCUT2D eigenvalue weighted by Crippen LogP contribution is 2.25. The van der Waals surface area contributed by atoms with Crippen molar-refractivity contribution in [2.45, 2.75) is 0 Å². The van der Waals surface area contributed by atoms with Gasteiger partial charge in [0.15, 0.2) is 0 Å². The normalized spacial score (nSPS) is 10.9. The van der Waals surface area contributed by atoms with Gasteiger partial charge in [-0.25, -0.2) is 0 Å². The molecule has 7 heteroatoms. The summed E-state index contributed by atoms with van der Waals surface area (Å²) in [6.45, 7) is 0. The maximum Gasteiger partial charge on any atom is 0.216 e. The summed E-state index contributed by atoms with van der Waals surface area (Å²) in [6.07, 6.45) is 1.55. The minimum atomic E-state index is 0.247. The van der Waals surface area contributed by atoms with Crippen molar-refractivity contribution in [2.24, 2.45) is 0 Å². The number of rotatable bonds is 5. The van der Waals surface area contributed by atoms with Gasteiger partial charge in [-0.3, -0.25) is 0 Å². The summed E-state index contributed by atoms with van der Waals surface area (Å²) in [4.78, 5) is 0. The lowest BCUT2D eigenvalue weighted by Gasteiger charge is -2.07. The van der Waals surface area contributed by atoms with Gasteiger partial charge >= 0.3 is 0 Å². The second-order valence-electron chi connectivity index (χ2n) is 4.86. The lowest BCUT2D eigenvalue weighted by Crippen LogP contribution is -1.93. The van der Waals surface area contributed by atoms with Crippen molar-refractivity contribution < 1.29 is 4.74 Å². The fourth-order valence-corrected chi connectivity index (χ4v) is 2.15. The molecule has 0 saturated carbocycles. The molecule has 24 heavy (non-hydrogen) atoms. The molecule has 0 saturated heterocycles. The lowest BCUT2D eigenvalue weighted by atomic mass is 10.1. The Labute approximate surface area is 138 Å². The van der Waals surface area contributed by atoms with E-state index in [9.17, 15) is 0 Å². The van der Waals surface area contributed by atoms with Crippen LogP contribution in [0, 0.1) is 11.3 Å². The Morgan fingerprint density at radius 3 is 2.71 bits per heavy atom. The van der Waals surface area contributed by atoms with Gasteiger partial charge < -0.3 is 10.1 Å². The van der Waals surface area contributed by atoms with Crippen LogP contribution in [0.1, 0.15) is 5.82 Å². The standard InChI is InChI=1S/C17H14N6O/c1-24-16-7-5-12(6-8-16)13-3-2-4-15(9-13)19-11-14(10-18)17-20-22-23-21-17/h2-9,11,19H,1H3,(H,20,21,22,23). The average molecular weight is 318 g/mol. The van der Waals surface area contributed by atoms with Crippen LogP contribution in [0.4, 0.5) is 5.69 Å². The van der Waals surface area contributed by atoms with Crippen LogP contribution >= 0.6 is 0 Å². The molecule has 0 bridgehead atoms. The highest BCUT2D eigenvalue weighted by atomic mass is 16.5. The number of benzene rings is 2. The van der Waals surface area contributed by atoms with Crippen LogP contribution in [0.25, 0.3) is 16.7 Å². The van der Waals surface area contributed by atoms with E-state index in [-0.39, 0.29) is 5.82 Å². The molecule has 0 atom stereocenters. The number of ether oxygens (including phenoxy) is 1. The predicted molar refractivity (Wildman–Crippen MR) is 89.8 cm³/mol. The van der Waals surface area contributed by atoms with E-state index < -0.39 is 0 Å². The number of nitriles is 1. The van der Waals surface area contributed by atoms with E-state index in [1.54, 1.807) is 13.3 Å². The monoisotopic (exact) mass is 318 g/mol. The lowest BCUT2D eigenvalue weighted by molar-refractivity contribution is 0.415. The zero-order valence-corrected chi connectivity index (χ0v) is 12.9. The van der Waals surface area contributed by atoms with Crippen LogP contribution in [-0.4, -0.2) is 27.7 Å². The number of allylic oxidation sites excluding steroid dienone is 1. The molecule has 2 aromatic carbocycles. The third kappa shape index (κ3) is 3.39. The quantitative estimate of drug-likeness (QED) is 0.702. The Bertz CT molecular complexity index is 878. The summed E-state index contributed by atoms with van der Waals surface area (Å²) in [7, 11) is 1.64. The van der Waals surface area contributed by atoms with E-state index >= 15 is 0 Å². The van der Waals surface area contributed by atoms with E-state index in [2.05, 4.69) is 25.9 Å². The number of hydrogen-bond donors (Lipinski definition) is 2. The number of tetrazole rings is 1. The maximum absolute atomic E-state index is 9.17. The zero-order valence-electron chi connectivity index (χ0n) is 12.9. The molecule has 3 aromatic rings. The number of aromatic amines is 1. The molecule has 1 heterocycles. The molecule has 0 aliphatic heterocycles. The number of nitrogens with zero attached hydrogens (tertiary/aromatic N) is 4. The first-order valence-electron chi connectivity index (χ1n) is 7.15. The summed E-state index contributed by atoms with van der Waals surface area (Å²) in [6, 6.07) is 17.7. The smallest absolute Gasteiger partial charge is 0.216 e. The van der Waals surface area contributed by atoms with E-state index in [0.29, 0.717) is 5.57 Å². The highest BCUT2D eigenvalue weighted by molar-refractivity contribution is 5.75. The van der Waals surface area contributed by atoms with Gasteiger partial charge in [0.1, 0.15) is 17.4 Å². The van der Waals surface area contributed by atoms with Crippen molar-refractivity contribution in [3.05, 3.63) is 60.6 Å². The van der Waals surface area contributed by atoms with Crippen LogP contribution in [0.2, 0.25) is 0 Å². The second kappa shape index (κ2) is 7.07. The van der Waals surface area contributed by atoms with Gasteiger partial charge in [-0.2, -0.15) is 10.5 Å². The van der Waals surface area contributed by atoms with Crippen molar-refractivity contribution >= 4 is 11.3 Å². The van der Waals surface area contributed by atoms with Crippen LogP contribution in [-0.2, 0) is 0 Å². The molecule has 0 radical (unpaired) electrons. The van der Waals surface area contributed by atoms with Gasteiger partial charge in [-0.15, -0.1) is 10.2 Å². The van der Waals surface area contributed by atoms with E-state index in [0.717, 1.165) is 22.6 Å². The topological polar surface area (TPSA) is 99.5 Å². The van der Waals surface area contributed by atoms with Crippen molar-refractivity contribution in [1.82, 2.24) is 20.6 Å². The molecule has 7 nitrogen and oxygen atoms in total. The van der Waals surface area contributed by atoms with Crippen LogP contribution in [0.5, 0.6) is 5.75 Å².